The molecule has 2 aliphatic heterocycles. The molecular formula is C15H20N4O4S. The van der Waals surface area contributed by atoms with Crippen molar-refractivity contribution in [3.05, 3.63) is 29.8 Å². The van der Waals surface area contributed by atoms with E-state index in [4.69, 9.17) is 4.28 Å². The standard InChI is InChI=1S/C15H20N4O4S/c1-16-11-7-5-10(6-8-11)13-14-12(15(20)18-17-13)4-3-9-19(14)23-24(2,21)22/h5-8,12,14,16H,3-4,9H2,1-2H3,(H,18,20). The van der Waals surface area contributed by atoms with Gasteiger partial charge in [-0.2, -0.15) is 22.9 Å². The highest BCUT2D eigenvalue weighted by Gasteiger charge is 2.44. The SMILES string of the molecule is CNc1ccc(C2=NNC(=O)C3CCCN(OS(C)(=O)=O)C23)cc1. The largest absolute Gasteiger partial charge is 0.388 e. The Balaban J connectivity index is 1.98. The number of nitrogens with zero attached hydrogens (tertiary/aromatic N) is 2. The molecule has 130 valence electrons. The van der Waals surface area contributed by atoms with Crippen LogP contribution in [0.25, 0.3) is 0 Å². The summed E-state index contributed by atoms with van der Waals surface area (Å²) >= 11 is 0. The maximum absolute atomic E-state index is 12.2. The molecule has 2 unspecified atom stereocenters. The van der Waals surface area contributed by atoms with Crippen LogP contribution in [0, 0.1) is 5.92 Å². The zero-order valence-electron chi connectivity index (χ0n) is 13.5. The van der Waals surface area contributed by atoms with E-state index in [2.05, 4.69) is 15.8 Å². The van der Waals surface area contributed by atoms with Crippen molar-refractivity contribution in [2.45, 2.75) is 18.9 Å². The molecule has 1 aromatic carbocycles. The maximum atomic E-state index is 12.2. The third kappa shape index (κ3) is 3.42. The maximum Gasteiger partial charge on any atom is 0.280 e. The molecule has 1 aromatic rings. The van der Waals surface area contributed by atoms with Crippen LogP contribution in [0.1, 0.15) is 18.4 Å². The fraction of sp³-hybridized carbons (Fsp3) is 0.467. The van der Waals surface area contributed by atoms with Gasteiger partial charge in [-0.05, 0) is 30.5 Å². The second-order valence-corrected chi connectivity index (χ2v) is 7.47. The molecule has 24 heavy (non-hydrogen) atoms. The average Bonchev–Trinajstić information content (AvgIpc) is 2.55. The number of benzene rings is 1. The lowest BCUT2D eigenvalue weighted by Crippen LogP contribution is -2.57. The number of hydrogen-bond donors (Lipinski definition) is 2. The Labute approximate surface area is 140 Å². The van der Waals surface area contributed by atoms with Crippen LogP contribution in [0.4, 0.5) is 5.69 Å². The van der Waals surface area contributed by atoms with Crippen molar-refractivity contribution in [2.24, 2.45) is 11.0 Å². The number of rotatable bonds is 4. The van der Waals surface area contributed by atoms with Gasteiger partial charge in [0.05, 0.1) is 23.9 Å². The number of carbonyl (C=O) groups excluding carboxylic acids is 1. The Kier molecular flexibility index (Phi) is 4.57. The molecule has 2 N–H and O–H groups in total. The number of anilines is 1. The lowest BCUT2D eigenvalue weighted by molar-refractivity contribution is -0.142. The van der Waals surface area contributed by atoms with Gasteiger partial charge in [0.15, 0.2) is 0 Å². The Morgan fingerprint density at radius 1 is 1.33 bits per heavy atom. The van der Waals surface area contributed by atoms with Crippen LogP contribution in [-0.4, -0.2) is 51.0 Å². The highest BCUT2D eigenvalue weighted by Crippen LogP contribution is 2.30. The first-order chi connectivity index (χ1) is 11.4. The van der Waals surface area contributed by atoms with Crippen molar-refractivity contribution >= 4 is 27.4 Å². The molecule has 0 bridgehead atoms. The summed E-state index contributed by atoms with van der Waals surface area (Å²) in [7, 11) is -1.85. The summed E-state index contributed by atoms with van der Waals surface area (Å²) in [6, 6.07) is 7.03. The normalized spacial score (nSPS) is 24.8. The topological polar surface area (TPSA) is 100 Å². The van der Waals surface area contributed by atoms with Gasteiger partial charge in [0.1, 0.15) is 0 Å². The molecule has 2 heterocycles. The monoisotopic (exact) mass is 352 g/mol. The first-order valence-electron chi connectivity index (χ1n) is 7.71. The van der Waals surface area contributed by atoms with Gasteiger partial charge in [-0.3, -0.25) is 4.79 Å². The van der Waals surface area contributed by atoms with E-state index < -0.39 is 22.1 Å². The summed E-state index contributed by atoms with van der Waals surface area (Å²) in [5.74, 6) is -0.602. The zero-order valence-corrected chi connectivity index (χ0v) is 14.3. The van der Waals surface area contributed by atoms with E-state index in [-0.39, 0.29) is 5.91 Å². The number of hydrazone groups is 1. The number of carbonyl (C=O) groups is 1. The first-order valence-corrected chi connectivity index (χ1v) is 9.52. The summed E-state index contributed by atoms with van der Waals surface area (Å²) in [5.41, 5.74) is 4.91. The summed E-state index contributed by atoms with van der Waals surface area (Å²) in [5, 5.41) is 8.59. The molecule has 2 aliphatic rings. The van der Waals surface area contributed by atoms with Crippen LogP contribution in [0.3, 0.4) is 0 Å². The van der Waals surface area contributed by atoms with E-state index in [1.54, 1.807) is 0 Å². The molecule has 3 rings (SSSR count). The Bertz CT molecular complexity index is 760. The summed E-state index contributed by atoms with van der Waals surface area (Å²) < 4.78 is 28.3. The number of piperidine rings is 1. The first kappa shape index (κ1) is 16.9. The molecule has 0 spiro atoms. The number of amides is 1. The van der Waals surface area contributed by atoms with E-state index in [1.165, 1.54) is 5.06 Å². The van der Waals surface area contributed by atoms with Crippen molar-refractivity contribution in [1.82, 2.24) is 10.5 Å². The molecule has 0 aliphatic carbocycles. The number of fused-ring (bicyclic) bond motifs is 1. The average molecular weight is 352 g/mol. The predicted octanol–water partition coefficient (Wildman–Crippen LogP) is 0.534. The van der Waals surface area contributed by atoms with Gasteiger partial charge in [-0.1, -0.05) is 12.1 Å². The van der Waals surface area contributed by atoms with Gasteiger partial charge >= 0.3 is 0 Å². The molecule has 0 aromatic heterocycles. The molecule has 1 fully saturated rings. The Hall–Kier alpha value is -1.97. The molecule has 2 atom stereocenters. The van der Waals surface area contributed by atoms with Crippen molar-refractivity contribution < 1.29 is 17.5 Å². The van der Waals surface area contributed by atoms with Crippen LogP contribution in [0.5, 0.6) is 0 Å². The van der Waals surface area contributed by atoms with Gasteiger partial charge < -0.3 is 5.32 Å². The van der Waals surface area contributed by atoms with E-state index in [0.29, 0.717) is 25.1 Å². The predicted molar refractivity (Wildman–Crippen MR) is 89.8 cm³/mol. The summed E-state index contributed by atoms with van der Waals surface area (Å²) in [6.07, 6.45) is 2.34. The van der Waals surface area contributed by atoms with Gasteiger partial charge in [-0.25, -0.2) is 5.43 Å². The molecule has 8 nitrogen and oxygen atoms in total. The quantitative estimate of drug-likeness (QED) is 0.820. The molecule has 1 amide bonds. The Morgan fingerprint density at radius 2 is 2.04 bits per heavy atom. The van der Waals surface area contributed by atoms with E-state index in [9.17, 15) is 13.2 Å². The van der Waals surface area contributed by atoms with Gasteiger partial charge in [-0.15, -0.1) is 0 Å². The smallest absolute Gasteiger partial charge is 0.280 e. The van der Waals surface area contributed by atoms with Crippen molar-refractivity contribution in [3.8, 4) is 0 Å². The molecular weight excluding hydrogens is 332 g/mol. The van der Waals surface area contributed by atoms with E-state index in [0.717, 1.165) is 17.5 Å². The number of hydrogen-bond acceptors (Lipinski definition) is 7. The second-order valence-electron chi connectivity index (χ2n) is 5.91. The lowest BCUT2D eigenvalue weighted by atomic mass is 9.83. The van der Waals surface area contributed by atoms with Crippen LogP contribution in [-0.2, 0) is 19.2 Å². The number of nitrogens with one attached hydrogen (secondary N) is 2. The fourth-order valence-corrected chi connectivity index (χ4v) is 3.65. The zero-order chi connectivity index (χ0) is 17.3. The van der Waals surface area contributed by atoms with Crippen molar-refractivity contribution in [3.63, 3.8) is 0 Å². The molecule has 0 radical (unpaired) electrons. The van der Waals surface area contributed by atoms with Gasteiger partial charge in [0.2, 0.25) is 5.91 Å². The minimum atomic E-state index is -3.68. The third-order valence-electron chi connectivity index (χ3n) is 4.19. The molecule has 9 heteroatoms. The minimum absolute atomic E-state index is 0.211. The van der Waals surface area contributed by atoms with Crippen molar-refractivity contribution in [2.75, 3.05) is 25.2 Å². The summed E-state index contributed by atoms with van der Waals surface area (Å²) in [6.45, 7) is 0.426. The van der Waals surface area contributed by atoms with E-state index >= 15 is 0 Å². The van der Waals surface area contributed by atoms with Crippen LogP contribution in [0.2, 0.25) is 0 Å². The van der Waals surface area contributed by atoms with Crippen molar-refractivity contribution in [1.29, 1.82) is 0 Å². The number of hydroxylamine groups is 2. The third-order valence-corrected chi connectivity index (χ3v) is 4.65. The molecule has 1 saturated heterocycles. The van der Waals surface area contributed by atoms with Crippen LogP contribution in [0.15, 0.2) is 29.4 Å². The lowest BCUT2D eigenvalue weighted by Gasteiger charge is -2.40. The molecule has 0 saturated carbocycles. The second kappa shape index (κ2) is 6.50. The van der Waals surface area contributed by atoms with Gasteiger partial charge in [0, 0.05) is 19.3 Å². The van der Waals surface area contributed by atoms with Crippen LogP contribution < -0.4 is 10.7 Å². The highest BCUT2D eigenvalue weighted by molar-refractivity contribution is 7.85. The van der Waals surface area contributed by atoms with E-state index in [1.807, 2.05) is 31.3 Å². The Morgan fingerprint density at radius 3 is 2.67 bits per heavy atom. The summed E-state index contributed by atoms with van der Waals surface area (Å²) in [4.78, 5) is 12.2. The fourth-order valence-electron chi connectivity index (χ4n) is 3.13. The van der Waals surface area contributed by atoms with Gasteiger partial charge in [0.25, 0.3) is 10.1 Å². The highest BCUT2D eigenvalue weighted by atomic mass is 32.2. The minimum Gasteiger partial charge on any atom is -0.388 e. The van der Waals surface area contributed by atoms with Crippen LogP contribution >= 0.6 is 0 Å².